The van der Waals surface area contributed by atoms with Gasteiger partial charge in [0.25, 0.3) is 0 Å². The molecule has 0 unspecified atom stereocenters. The Bertz CT molecular complexity index is 255. The normalized spacial score (nSPS) is 12.0. The fraction of sp³-hybridized carbons (Fsp3) is 0.556. The summed E-state index contributed by atoms with van der Waals surface area (Å²) >= 11 is 5.29. The van der Waals surface area contributed by atoms with E-state index in [0.29, 0.717) is 0 Å². The second-order valence-electron chi connectivity index (χ2n) is 3.52. The van der Waals surface area contributed by atoms with Gasteiger partial charge in [-0.15, -0.1) is 11.3 Å². The van der Waals surface area contributed by atoms with Crippen molar-refractivity contribution in [3.05, 3.63) is 20.8 Å². The summed E-state index contributed by atoms with van der Waals surface area (Å²) in [5, 5.41) is 3.21. The van der Waals surface area contributed by atoms with Crippen molar-refractivity contribution < 1.29 is 0 Å². The number of rotatable bonds is 3. The standard InChI is InChI=1S/C9H14BrNS/c1-9(2,6-11-3)7-4-5-8(10)12-7/h4-5,11H,6H2,1-3H3. The molecule has 1 heterocycles. The van der Waals surface area contributed by atoms with Crippen LogP contribution in [-0.4, -0.2) is 13.6 Å². The molecule has 0 aliphatic rings. The minimum absolute atomic E-state index is 0.242. The first-order valence-corrected chi connectivity index (χ1v) is 5.57. The summed E-state index contributed by atoms with van der Waals surface area (Å²) in [6.45, 7) is 5.52. The molecule has 0 aromatic carbocycles. The van der Waals surface area contributed by atoms with E-state index in [0.717, 1.165) is 6.54 Å². The lowest BCUT2D eigenvalue weighted by Gasteiger charge is -2.22. The van der Waals surface area contributed by atoms with Gasteiger partial charge < -0.3 is 5.32 Å². The number of thiophene rings is 1. The maximum absolute atomic E-state index is 3.47. The second-order valence-corrected chi connectivity index (χ2v) is 5.98. The zero-order chi connectivity index (χ0) is 9.19. The molecule has 1 aromatic heterocycles. The number of nitrogens with one attached hydrogen (secondary N) is 1. The average molecular weight is 248 g/mol. The van der Waals surface area contributed by atoms with Crippen molar-refractivity contribution >= 4 is 27.3 Å². The molecule has 12 heavy (non-hydrogen) atoms. The highest BCUT2D eigenvalue weighted by molar-refractivity contribution is 9.11. The Morgan fingerprint density at radius 3 is 2.58 bits per heavy atom. The maximum Gasteiger partial charge on any atom is 0.0701 e. The third kappa shape index (κ3) is 2.31. The van der Waals surface area contributed by atoms with Crippen molar-refractivity contribution in [1.82, 2.24) is 5.32 Å². The van der Waals surface area contributed by atoms with Crippen molar-refractivity contribution in [3.8, 4) is 0 Å². The number of likely N-dealkylation sites (N-methyl/N-ethyl adjacent to an activating group) is 1. The summed E-state index contributed by atoms with van der Waals surface area (Å²) in [6, 6.07) is 4.30. The fourth-order valence-electron chi connectivity index (χ4n) is 1.21. The van der Waals surface area contributed by atoms with Crippen LogP contribution >= 0.6 is 27.3 Å². The SMILES string of the molecule is CNCC(C)(C)c1ccc(Br)s1. The minimum atomic E-state index is 0.242. The first kappa shape index (κ1) is 10.2. The molecule has 0 aliphatic heterocycles. The van der Waals surface area contributed by atoms with Crippen LogP contribution in [0.3, 0.4) is 0 Å². The minimum Gasteiger partial charge on any atom is -0.319 e. The largest absolute Gasteiger partial charge is 0.319 e. The molecule has 0 spiro atoms. The molecule has 0 radical (unpaired) electrons. The predicted molar refractivity (Wildman–Crippen MR) is 59.0 cm³/mol. The number of hydrogen-bond donors (Lipinski definition) is 1. The highest BCUT2D eigenvalue weighted by Gasteiger charge is 2.20. The summed E-state index contributed by atoms with van der Waals surface area (Å²) in [7, 11) is 1.99. The van der Waals surface area contributed by atoms with E-state index in [9.17, 15) is 0 Å². The van der Waals surface area contributed by atoms with Crippen LogP contribution in [0.5, 0.6) is 0 Å². The average Bonchev–Trinajstić information content (AvgIpc) is 2.36. The molecule has 1 aromatic rings. The van der Waals surface area contributed by atoms with Crippen LogP contribution in [0.2, 0.25) is 0 Å². The van der Waals surface area contributed by atoms with E-state index in [1.807, 2.05) is 18.4 Å². The smallest absolute Gasteiger partial charge is 0.0701 e. The van der Waals surface area contributed by atoms with Gasteiger partial charge in [0.15, 0.2) is 0 Å². The van der Waals surface area contributed by atoms with E-state index in [2.05, 4.69) is 47.2 Å². The van der Waals surface area contributed by atoms with Crippen molar-refractivity contribution in [2.45, 2.75) is 19.3 Å². The highest BCUT2D eigenvalue weighted by atomic mass is 79.9. The van der Waals surface area contributed by atoms with E-state index in [-0.39, 0.29) is 5.41 Å². The molecule has 0 aliphatic carbocycles. The van der Waals surface area contributed by atoms with E-state index >= 15 is 0 Å². The van der Waals surface area contributed by atoms with Crippen molar-refractivity contribution in [3.63, 3.8) is 0 Å². The topological polar surface area (TPSA) is 12.0 Å². The Balaban J connectivity index is 2.81. The van der Waals surface area contributed by atoms with Crippen LogP contribution in [0.4, 0.5) is 0 Å². The lowest BCUT2D eigenvalue weighted by Crippen LogP contribution is -2.29. The second kappa shape index (κ2) is 3.90. The van der Waals surface area contributed by atoms with E-state index in [1.165, 1.54) is 8.66 Å². The third-order valence-corrected chi connectivity index (χ3v) is 3.85. The van der Waals surface area contributed by atoms with Crippen LogP contribution in [0.15, 0.2) is 15.9 Å². The molecule has 68 valence electrons. The summed E-state index contributed by atoms with van der Waals surface area (Å²) in [6.07, 6.45) is 0. The van der Waals surface area contributed by atoms with Gasteiger partial charge in [0.05, 0.1) is 3.79 Å². The van der Waals surface area contributed by atoms with Gasteiger partial charge in [-0.1, -0.05) is 13.8 Å². The zero-order valence-electron chi connectivity index (χ0n) is 7.65. The maximum atomic E-state index is 3.47. The molecule has 3 heteroatoms. The molecule has 0 saturated heterocycles. The molecule has 0 saturated carbocycles. The first-order chi connectivity index (χ1) is 5.56. The quantitative estimate of drug-likeness (QED) is 0.867. The number of hydrogen-bond acceptors (Lipinski definition) is 2. The Morgan fingerprint density at radius 1 is 1.50 bits per heavy atom. The van der Waals surface area contributed by atoms with Gasteiger partial charge in [-0.25, -0.2) is 0 Å². The molecular weight excluding hydrogens is 234 g/mol. The van der Waals surface area contributed by atoms with Crippen LogP contribution in [0.25, 0.3) is 0 Å². The Kier molecular flexibility index (Phi) is 3.32. The van der Waals surface area contributed by atoms with Crippen molar-refractivity contribution in [1.29, 1.82) is 0 Å². The Hall–Kier alpha value is 0.140. The monoisotopic (exact) mass is 247 g/mol. The Labute approximate surface area is 86.3 Å². The number of halogens is 1. The van der Waals surface area contributed by atoms with Crippen LogP contribution < -0.4 is 5.32 Å². The van der Waals surface area contributed by atoms with Crippen LogP contribution in [-0.2, 0) is 5.41 Å². The van der Waals surface area contributed by atoms with E-state index in [4.69, 9.17) is 0 Å². The highest BCUT2D eigenvalue weighted by Crippen LogP contribution is 2.31. The first-order valence-electron chi connectivity index (χ1n) is 3.97. The van der Waals surface area contributed by atoms with Gasteiger partial charge in [0.2, 0.25) is 0 Å². The third-order valence-electron chi connectivity index (χ3n) is 1.86. The van der Waals surface area contributed by atoms with Crippen molar-refractivity contribution in [2.24, 2.45) is 0 Å². The summed E-state index contributed by atoms with van der Waals surface area (Å²) < 4.78 is 1.21. The zero-order valence-corrected chi connectivity index (χ0v) is 10.1. The molecule has 0 atom stereocenters. The van der Waals surface area contributed by atoms with Gasteiger partial charge in [-0.3, -0.25) is 0 Å². The lowest BCUT2D eigenvalue weighted by atomic mass is 9.92. The molecular formula is C9H14BrNS. The van der Waals surface area contributed by atoms with Gasteiger partial charge >= 0.3 is 0 Å². The Morgan fingerprint density at radius 2 is 2.17 bits per heavy atom. The fourth-order valence-corrected chi connectivity index (χ4v) is 2.69. The summed E-state index contributed by atoms with van der Waals surface area (Å²) in [5.41, 5.74) is 0.242. The molecule has 0 fully saturated rings. The van der Waals surface area contributed by atoms with Gasteiger partial charge in [0, 0.05) is 16.8 Å². The van der Waals surface area contributed by atoms with E-state index in [1.54, 1.807) is 0 Å². The molecule has 1 N–H and O–H groups in total. The predicted octanol–water partition coefficient (Wildman–Crippen LogP) is 3.01. The van der Waals surface area contributed by atoms with Gasteiger partial charge in [0.1, 0.15) is 0 Å². The van der Waals surface area contributed by atoms with Gasteiger partial charge in [-0.2, -0.15) is 0 Å². The molecule has 0 amide bonds. The van der Waals surface area contributed by atoms with E-state index < -0.39 is 0 Å². The summed E-state index contributed by atoms with van der Waals surface area (Å²) in [4.78, 5) is 1.42. The van der Waals surface area contributed by atoms with Gasteiger partial charge in [-0.05, 0) is 35.1 Å². The van der Waals surface area contributed by atoms with Crippen LogP contribution in [0, 0.1) is 0 Å². The van der Waals surface area contributed by atoms with Crippen molar-refractivity contribution in [2.75, 3.05) is 13.6 Å². The molecule has 1 nitrogen and oxygen atoms in total. The molecule has 1 rings (SSSR count). The molecule has 0 bridgehead atoms. The van der Waals surface area contributed by atoms with Crippen LogP contribution in [0.1, 0.15) is 18.7 Å². The summed E-state index contributed by atoms with van der Waals surface area (Å²) in [5.74, 6) is 0. The lowest BCUT2D eigenvalue weighted by molar-refractivity contribution is 0.503.